The van der Waals surface area contributed by atoms with Gasteiger partial charge in [0.2, 0.25) is 0 Å². The van der Waals surface area contributed by atoms with Crippen molar-refractivity contribution in [1.29, 1.82) is 0 Å². The Kier molecular flexibility index (Phi) is 5.99. The van der Waals surface area contributed by atoms with Crippen molar-refractivity contribution in [3.63, 3.8) is 0 Å². The lowest BCUT2D eigenvalue weighted by Gasteiger charge is -2.37. The van der Waals surface area contributed by atoms with Gasteiger partial charge in [0.05, 0.1) is 11.7 Å². The van der Waals surface area contributed by atoms with Gasteiger partial charge in [0.15, 0.2) is 0 Å². The molecule has 1 saturated heterocycles. The number of hydrogen-bond acceptors (Lipinski definition) is 3. The van der Waals surface area contributed by atoms with Crippen LogP contribution < -0.4 is 10.2 Å². The smallest absolute Gasteiger partial charge is 0.318 e. The maximum atomic E-state index is 12.8. The zero-order valence-corrected chi connectivity index (χ0v) is 16.8. The summed E-state index contributed by atoms with van der Waals surface area (Å²) in [4.78, 5) is 21.5. The molecule has 0 aliphatic carbocycles. The number of benzene rings is 1. The number of urea groups is 1. The first-order chi connectivity index (χ1) is 13.0. The molecule has 2 amide bonds. The van der Waals surface area contributed by atoms with E-state index in [1.165, 1.54) is 16.8 Å². The summed E-state index contributed by atoms with van der Waals surface area (Å²) < 4.78 is 0. The number of carbonyl (C=O) groups excluding carboxylic acids is 1. The lowest BCUT2D eigenvalue weighted by molar-refractivity contribution is 0.189. The first-order valence-electron chi connectivity index (χ1n) is 9.78. The molecular weight excluding hydrogens is 336 g/mol. The molecule has 0 bridgehead atoms. The Hall–Kier alpha value is -2.56. The lowest BCUT2D eigenvalue weighted by Crippen LogP contribution is -2.52. The van der Waals surface area contributed by atoms with Crippen LogP contribution in [0.4, 0.5) is 10.5 Å². The maximum absolute atomic E-state index is 12.8. The van der Waals surface area contributed by atoms with Crippen LogP contribution in [0, 0.1) is 20.8 Å². The van der Waals surface area contributed by atoms with Crippen LogP contribution in [-0.4, -0.2) is 42.1 Å². The number of rotatable bonds is 4. The summed E-state index contributed by atoms with van der Waals surface area (Å²) >= 11 is 0. The van der Waals surface area contributed by atoms with E-state index >= 15 is 0 Å². The minimum absolute atomic E-state index is 0.00534. The third-order valence-corrected chi connectivity index (χ3v) is 5.27. The molecule has 3 rings (SSSR count). The number of carbonyl (C=O) groups is 1. The monoisotopic (exact) mass is 366 g/mol. The lowest BCUT2D eigenvalue weighted by atomic mass is 10.1. The van der Waals surface area contributed by atoms with Crippen molar-refractivity contribution < 1.29 is 4.79 Å². The van der Waals surface area contributed by atoms with Gasteiger partial charge in [-0.2, -0.15) is 0 Å². The molecule has 1 N–H and O–H groups in total. The van der Waals surface area contributed by atoms with Crippen molar-refractivity contribution >= 4 is 11.7 Å². The van der Waals surface area contributed by atoms with E-state index in [0.29, 0.717) is 0 Å². The number of nitrogens with zero attached hydrogens (tertiary/aromatic N) is 3. The summed E-state index contributed by atoms with van der Waals surface area (Å²) in [5, 5.41) is 3.16. The van der Waals surface area contributed by atoms with Gasteiger partial charge in [0.1, 0.15) is 0 Å². The number of hydrogen-bond donors (Lipinski definition) is 1. The number of piperazine rings is 1. The van der Waals surface area contributed by atoms with Crippen molar-refractivity contribution in [2.75, 3.05) is 31.1 Å². The van der Waals surface area contributed by atoms with Crippen LogP contribution in [-0.2, 0) is 0 Å². The Balaban J connectivity index is 1.60. The average molecular weight is 367 g/mol. The molecule has 1 aromatic carbocycles. The fourth-order valence-corrected chi connectivity index (χ4v) is 3.59. The van der Waals surface area contributed by atoms with E-state index in [9.17, 15) is 4.79 Å². The molecule has 144 valence electrons. The van der Waals surface area contributed by atoms with Gasteiger partial charge in [-0.1, -0.05) is 19.1 Å². The van der Waals surface area contributed by atoms with E-state index in [1.54, 1.807) is 0 Å². The molecule has 2 heterocycles. The highest BCUT2D eigenvalue weighted by molar-refractivity contribution is 5.75. The zero-order valence-electron chi connectivity index (χ0n) is 16.8. The van der Waals surface area contributed by atoms with Crippen LogP contribution in [0.5, 0.6) is 0 Å². The third-order valence-electron chi connectivity index (χ3n) is 5.27. The van der Waals surface area contributed by atoms with Crippen LogP contribution in [0.3, 0.4) is 0 Å². The van der Waals surface area contributed by atoms with E-state index in [1.807, 2.05) is 30.2 Å². The predicted octanol–water partition coefficient (Wildman–Crippen LogP) is 3.99. The van der Waals surface area contributed by atoms with Gasteiger partial charge in [-0.3, -0.25) is 4.98 Å². The van der Waals surface area contributed by atoms with Crippen LogP contribution >= 0.6 is 0 Å². The summed E-state index contributed by atoms with van der Waals surface area (Å²) in [6, 6.07) is 10.5. The number of amides is 2. The topological polar surface area (TPSA) is 48.5 Å². The Morgan fingerprint density at radius 1 is 1.07 bits per heavy atom. The molecule has 5 heteroatoms. The van der Waals surface area contributed by atoms with Crippen LogP contribution in [0.15, 0.2) is 36.5 Å². The standard InChI is InChI=1S/C22H30N4O/c1-5-19(20-14-17(3)8-9-23-20)24-22(27)26-12-10-25(11-13-26)21-15-16(2)6-7-18(21)4/h6-9,14-15,19H,5,10-13H2,1-4H3,(H,24,27). The fraction of sp³-hybridized carbons (Fsp3) is 0.455. The zero-order chi connectivity index (χ0) is 19.4. The van der Waals surface area contributed by atoms with Crippen LogP contribution in [0.2, 0.25) is 0 Å². The van der Waals surface area contributed by atoms with Crippen LogP contribution in [0.1, 0.15) is 41.8 Å². The molecule has 0 radical (unpaired) electrons. The first kappa shape index (κ1) is 19.2. The van der Waals surface area contributed by atoms with Gasteiger partial charge >= 0.3 is 6.03 Å². The van der Waals surface area contributed by atoms with E-state index < -0.39 is 0 Å². The number of anilines is 1. The van der Waals surface area contributed by atoms with E-state index in [0.717, 1.165) is 43.9 Å². The molecule has 1 aliphatic rings. The van der Waals surface area contributed by atoms with Gasteiger partial charge in [-0.05, 0) is 62.1 Å². The Morgan fingerprint density at radius 3 is 2.44 bits per heavy atom. The Labute approximate surface area is 162 Å². The molecule has 5 nitrogen and oxygen atoms in total. The van der Waals surface area contributed by atoms with Gasteiger partial charge < -0.3 is 15.1 Å². The highest BCUT2D eigenvalue weighted by Crippen LogP contribution is 2.23. The van der Waals surface area contributed by atoms with Crippen LogP contribution in [0.25, 0.3) is 0 Å². The van der Waals surface area contributed by atoms with Crippen molar-refractivity contribution in [2.45, 2.75) is 40.2 Å². The van der Waals surface area contributed by atoms with E-state index in [-0.39, 0.29) is 12.1 Å². The van der Waals surface area contributed by atoms with Gasteiger partial charge in [-0.25, -0.2) is 4.79 Å². The highest BCUT2D eigenvalue weighted by Gasteiger charge is 2.24. The van der Waals surface area contributed by atoms with E-state index in [2.05, 4.69) is 54.2 Å². The average Bonchev–Trinajstić information content (AvgIpc) is 2.68. The molecule has 0 saturated carbocycles. The number of pyridine rings is 1. The summed E-state index contributed by atoms with van der Waals surface area (Å²) in [5.41, 5.74) is 5.93. The summed E-state index contributed by atoms with van der Waals surface area (Å²) in [6.45, 7) is 11.6. The van der Waals surface area contributed by atoms with Gasteiger partial charge in [-0.15, -0.1) is 0 Å². The molecule has 1 fully saturated rings. The maximum Gasteiger partial charge on any atom is 0.318 e. The minimum Gasteiger partial charge on any atom is -0.368 e. The highest BCUT2D eigenvalue weighted by atomic mass is 16.2. The molecule has 2 aromatic rings. The van der Waals surface area contributed by atoms with Gasteiger partial charge in [0.25, 0.3) is 0 Å². The minimum atomic E-state index is -0.0468. The first-order valence-corrected chi connectivity index (χ1v) is 9.78. The third kappa shape index (κ3) is 4.59. The predicted molar refractivity (Wildman–Crippen MR) is 110 cm³/mol. The van der Waals surface area contributed by atoms with Crippen molar-refractivity contribution in [3.05, 3.63) is 58.9 Å². The van der Waals surface area contributed by atoms with Crippen molar-refractivity contribution in [2.24, 2.45) is 0 Å². The molecule has 1 aliphatic heterocycles. The second-order valence-electron chi connectivity index (χ2n) is 7.43. The quantitative estimate of drug-likeness (QED) is 0.890. The summed E-state index contributed by atoms with van der Waals surface area (Å²) in [6.07, 6.45) is 2.63. The molecule has 1 unspecified atom stereocenters. The fourth-order valence-electron chi connectivity index (χ4n) is 3.59. The normalized spacial score (nSPS) is 15.6. The van der Waals surface area contributed by atoms with Gasteiger partial charge in [0, 0.05) is 38.1 Å². The Bertz CT molecular complexity index is 797. The van der Waals surface area contributed by atoms with Crippen molar-refractivity contribution in [3.8, 4) is 0 Å². The second-order valence-corrected chi connectivity index (χ2v) is 7.43. The largest absolute Gasteiger partial charge is 0.368 e. The molecule has 1 aromatic heterocycles. The molecule has 0 spiro atoms. The SMILES string of the molecule is CCC(NC(=O)N1CCN(c2cc(C)ccc2C)CC1)c1cc(C)ccn1. The second kappa shape index (κ2) is 8.42. The number of aromatic nitrogens is 1. The number of nitrogens with one attached hydrogen (secondary N) is 1. The summed E-state index contributed by atoms with van der Waals surface area (Å²) in [5.74, 6) is 0. The molecule has 27 heavy (non-hydrogen) atoms. The molecule has 1 atom stereocenters. The molecular formula is C22H30N4O. The summed E-state index contributed by atoms with van der Waals surface area (Å²) in [7, 11) is 0. The van der Waals surface area contributed by atoms with Crippen molar-refractivity contribution in [1.82, 2.24) is 15.2 Å². The number of aryl methyl sites for hydroxylation is 3. The van der Waals surface area contributed by atoms with E-state index in [4.69, 9.17) is 0 Å². The Morgan fingerprint density at radius 2 is 1.78 bits per heavy atom.